The van der Waals surface area contributed by atoms with E-state index in [1.165, 1.54) is 17.3 Å². The van der Waals surface area contributed by atoms with Crippen molar-refractivity contribution in [2.75, 3.05) is 19.0 Å². The van der Waals surface area contributed by atoms with Crippen LogP contribution in [-0.4, -0.2) is 39.8 Å². The average molecular weight is 460 g/mol. The zero-order chi connectivity index (χ0) is 22.7. The van der Waals surface area contributed by atoms with E-state index < -0.39 is 15.9 Å². The highest BCUT2D eigenvalue weighted by Gasteiger charge is 2.33. The molecule has 0 unspecified atom stereocenters. The van der Waals surface area contributed by atoms with Gasteiger partial charge in [-0.2, -0.15) is 5.10 Å². The maximum absolute atomic E-state index is 13.2. The first-order valence-electron chi connectivity index (χ1n) is 10.9. The standard InChI is InChI=1S/C22H29N5O4S/c1-22(2)11-27-20(31-12-22)18(10-24-27)32(23,29)26-21(28)25-19-16-6-4-5-13(16)7-14-8-15(30-3)9-17(14)19/h7,10,15H,4-6,8-9,11-12H2,1-3H3,(H3,23,25,26,28,29)/t15-,32-/m0/s1. The number of urea groups is 1. The number of nitrogens with zero attached hydrogens (tertiary/aromatic N) is 3. The number of carbonyl (C=O) groups is 1. The van der Waals surface area contributed by atoms with Crippen LogP contribution in [0.1, 0.15) is 42.5 Å². The van der Waals surface area contributed by atoms with Gasteiger partial charge in [0.25, 0.3) is 0 Å². The van der Waals surface area contributed by atoms with Crippen molar-refractivity contribution in [3.8, 4) is 5.88 Å². The molecule has 0 spiro atoms. The number of carbonyl (C=O) groups excluding carboxylic acids is 1. The molecule has 2 aromatic rings. The molecule has 2 aliphatic carbocycles. The van der Waals surface area contributed by atoms with E-state index in [2.05, 4.69) is 34.7 Å². The van der Waals surface area contributed by atoms with Crippen molar-refractivity contribution in [3.63, 3.8) is 0 Å². The molecule has 3 N–H and O–H groups in total. The molecule has 3 aliphatic rings. The van der Waals surface area contributed by atoms with Crippen LogP contribution in [0.5, 0.6) is 5.88 Å². The van der Waals surface area contributed by atoms with Crippen molar-refractivity contribution >= 4 is 21.6 Å². The number of anilines is 1. The Morgan fingerprint density at radius 1 is 1.34 bits per heavy atom. The molecule has 2 heterocycles. The molecule has 1 aliphatic heterocycles. The second kappa shape index (κ2) is 7.57. The minimum atomic E-state index is -3.53. The molecule has 2 atom stereocenters. The highest BCUT2D eigenvalue weighted by Crippen LogP contribution is 2.39. The van der Waals surface area contributed by atoms with E-state index in [1.54, 1.807) is 11.8 Å². The van der Waals surface area contributed by atoms with Crippen molar-refractivity contribution in [1.82, 2.24) is 9.78 Å². The first-order chi connectivity index (χ1) is 15.2. The minimum Gasteiger partial charge on any atom is -0.476 e. The van der Waals surface area contributed by atoms with Crippen molar-refractivity contribution in [3.05, 3.63) is 34.5 Å². The number of hydrogen-bond donors (Lipinski definition) is 2. The van der Waals surface area contributed by atoms with Crippen LogP contribution >= 0.6 is 0 Å². The van der Waals surface area contributed by atoms with Gasteiger partial charge in [0, 0.05) is 24.6 Å². The van der Waals surface area contributed by atoms with Gasteiger partial charge in [0.1, 0.15) is 4.90 Å². The molecule has 0 saturated heterocycles. The highest BCUT2D eigenvalue weighted by atomic mass is 32.2. The topological polar surface area (TPSA) is 121 Å². The van der Waals surface area contributed by atoms with Crippen LogP contribution in [0.3, 0.4) is 0 Å². The van der Waals surface area contributed by atoms with E-state index in [4.69, 9.17) is 14.6 Å². The van der Waals surface area contributed by atoms with Crippen molar-refractivity contribution in [2.45, 2.75) is 63.5 Å². The fraction of sp³-hybridized carbons (Fsp3) is 0.545. The van der Waals surface area contributed by atoms with Gasteiger partial charge in [-0.1, -0.05) is 19.9 Å². The van der Waals surface area contributed by atoms with Gasteiger partial charge in [-0.25, -0.2) is 18.8 Å². The van der Waals surface area contributed by atoms with E-state index >= 15 is 0 Å². The molecule has 32 heavy (non-hydrogen) atoms. The maximum Gasteiger partial charge on any atom is 0.354 e. The lowest BCUT2D eigenvalue weighted by atomic mass is 9.94. The van der Waals surface area contributed by atoms with E-state index in [-0.39, 0.29) is 16.4 Å². The molecule has 1 aromatic carbocycles. The van der Waals surface area contributed by atoms with E-state index in [0.717, 1.165) is 48.9 Å². The second-order valence-corrected chi connectivity index (χ2v) is 11.4. The predicted octanol–water partition coefficient (Wildman–Crippen LogP) is 2.84. The summed E-state index contributed by atoms with van der Waals surface area (Å²) in [5.41, 5.74) is 5.36. The summed E-state index contributed by atoms with van der Waals surface area (Å²) < 4.78 is 30.1. The lowest BCUT2D eigenvalue weighted by molar-refractivity contribution is 0.0972. The van der Waals surface area contributed by atoms with Gasteiger partial charge in [0.05, 0.1) is 25.5 Å². The SMILES string of the molecule is CO[C@H]1Cc2cc3c(c(NC(=O)N=[S@](N)(=O)c4cnn5c4OCC(C)(C)C5)c2C1)CCC3. The largest absolute Gasteiger partial charge is 0.476 e. The molecule has 9 nitrogen and oxygen atoms in total. The predicted molar refractivity (Wildman–Crippen MR) is 120 cm³/mol. The molecule has 2 amide bonds. The first-order valence-corrected chi connectivity index (χ1v) is 12.5. The fourth-order valence-corrected chi connectivity index (χ4v) is 5.97. The normalized spacial score (nSPS) is 22.3. The van der Waals surface area contributed by atoms with Crippen molar-refractivity contribution in [1.29, 1.82) is 0 Å². The molecule has 172 valence electrons. The summed E-state index contributed by atoms with van der Waals surface area (Å²) in [4.78, 5) is 13.1. The fourth-order valence-electron chi connectivity index (χ4n) is 4.96. The third-order valence-corrected chi connectivity index (χ3v) is 7.86. The minimum absolute atomic E-state index is 0.0965. The maximum atomic E-state index is 13.2. The number of benzene rings is 1. The summed E-state index contributed by atoms with van der Waals surface area (Å²) in [5, 5.41) is 13.2. The average Bonchev–Trinajstić information content (AvgIpc) is 3.43. The van der Waals surface area contributed by atoms with Gasteiger partial charge in [-0.05, 0) is 47.9 Å². The summed E-state index contributed by atoms with van der Waals surface area (Å²) >= 11 is 0. The zero-order valence-electron chi connectivity index (χ0n) is 18.6. The number of nitrogens with two attached hydrogens (primary N) is 1. The molecule has 0 saturated carbocycles. The Morgan fingerprint density at radius 2 is 2.16 bits per heavy atom. The number of rotatable bonds is 3. The first kappa shape index (κ1) is 21.4. The summed E-state index contributed by atoms with van der Waals surface area (Å²) in [6, 6.07) is 1.52. The number of aromatic nitrogens is 2. The van der Waals surface area contributed by atoms with Crippen LogP contribution in [0, 0.1) is 5.41 Å². The van der Waals surface area contributed by atoms with Gasteiger partial charge in [-0.3, -0.25) is 0 Å². The van der Waals surface area contributed by atoms with Crippen LogP contribution in [-0.2, 0) is 46.9 Å². The summed E-state index contributed by atoms with van der Waals surface area (Å²) in [6.07, 6.45) is 5.97. The Hall–Kier alpha value is -2.43. The Bertz CT molecular complexity index is 1230. The molecular weight excluding hydrogens is 430 g/mol. The Labute approximate surface area is 188 Å². The number of ether oxygens (including phenoxy) is 2. The van der Waals surface area contributed by atoms with Gasteiger partial charge in [-0.15, -0.1) is 4.36 Å². The molecule has 0 fully saturated rings. The molecular formula is C22H29N5O4S. The Kier molecular flexibility index (Phi) is 5.06. The van der Waals surface area contributed by atoms with E-state index in [1.807, 2.05) is 0 Å². The third kappa shape index (κ3) is 3.70. The number of methoxy groups -OCH3 is 1. The number of fused-ring (bicyclic) bond motifs is 3. The molecule has 0 radical (unpaired) electrons. The monoisotopic (exact) mass is 459 g/mol. The summed E-state index contributed by atoms with van der Waals surface area (Å²) in [7, 11) is -1.82. The van der Waals surface area contributed by atoms with Crippen molar-refractivity contribution < 1.29 is 18.5 Å². The third-order valence-electron chi connectivity index (χ3n) is 6.52. The lowest BCUT2D eigenvalue weighted by Gasteiger charge is -2.30. The smallest absolute Gasteiger partial charge is 0.354 e. The zero-order valence-corrected chi connectivity index (χ0v) is 19.5. The molecule has 5 rings (SSSR count). The molecule has 0 bridgehead atoms. The summed E-state index contributed by atoms with van der Waals surface area (Å²) in [6.45, 7) is 5.16. The van der Waals surface area contributed by atoms with Gasteiger partial charge in [0.2, 0.25) is 5.88 Å². The molecule has 10 heteroatoms. The quantitative estimate of drug-likeness (QED) is 0.731. The highest BCUT2D eigenvalue weighted by molar-refractivity contribution is 7.91. The number of amides is 2. The summed E-state index contributed by atoms with van der Waals surface area (Å²) in [5.74, 6) is 0.317. The van der Waals surface area contributed by atoms with Crippen LogP contribution in [0.2, 0.25) is 0 Å². The second-order valence-electron chi connectivity index (χ2n) is 9.66. The van der Waals surface area contributed by atoms with Crippen molar-refractivity contribution in [2.24, 2.45) is 14.9 Å². The Balaban J connectivity index is 1.46. The van der Waals surface area contributed by atoms with Gasteiger partial charge >= 0.3 is 6.03 Å². The van der Waals surface area contributed by atoms with E-state index in [9.17, 15) is 9.00 Å². The number of nitrogens with one attached hydrogen (secondary N) is 1. The van der Waals surface area contributed by atoms with Crippen LogP contribution in [0.4, 0.5) is 10.5 Å². The number of aryl methyl sites for hydroxylation is 1. The molecule has 1 aromatic heterocycles. The lowest BCUT2D eigenvalue weighted by Crippen LogP contribution is -2.33. The Morgan fingerprint density at radius 3 is 2.94 bits per heavy atom. The van der Waals surface area contributed by atoms with Crippen LogP contribution in [0.25, 0.3) is 0 Å². The number of hydrogen-bond acceptors (Lipinski definition) is 5. The van der Waals surface area contributed by atoms with Crippen LogP contribution < -0.4 is 15.2 Å². The van der Waals surface area contributed by atoms with E-state index in [0.29, 0.717) is 19.0 Å². The van der Waals surface area contributed by atoms with Gasteiger partial charge < -0.3 is 14.8 Å². The van der Waals surface area contributed by atoms with Crippen LogP contribution in [0.15, 0.2) is 21.5 Å². The van der Waals surface area contributed by atoms with Gasteiger partial charge in [0.15, 0.2) is 9.92 Å².